The van der Waals surface area contributed by atoms with Crippen molar-refractivity contribution in [2.24, 2.45) is 0 Å². The van der Waals surface area contributed by atoms with Gasteiger partial charge in [-0.15, -0.1) is 0 Å². The highest BCUT2D eigenvalue weighted by atomic mass is 79.9. The first-order valence-corrected chi connectivity index (χ1v) is 9.18. The molecular formula is C18H14BrClN4O4. The Hall–Kier alpha value is -2.91. The van der Waals surface area contributed by atoms with E-state index in [-0.39, 0.29) is 23.8 Å². The first-order chi connectivity index (χ1) is 13.3. The molecule has 2 aromatic carbocycles. The molecule has 0 spiro atoms. The molecular weight excluding hydrogens is 452 g/mol. The highest BCUT2D eigenvalue weighted by molar-refractivity contribution is 9.10. The molecule has 3 rings (SSSR count). The zero-order chi connectivity index (χ0) is 20.3. The molecule has 8 nitrogen and oxygen atoms in total. The zero-order valence-electron chi connectivity index (χ0n) is 14.6. The van der Waals surface area contributed by atoms with Gasteiger partial charge in [-0.2, -0.15) is 5.10 Å². The minimum atomic E-state index is -0.563. The molecule has 0 aliphatic rings. The minimum absolute atomic E-state index is 0.0410. The van der Waals surface area contributed by atoms with Gasteiger partial charge < -0.3 is 10.1 Å². The molecule has 0 radical (unpaired) electrons. The van der Waals surface area contributed by atoms with Gasteiger partial charge in [0, 0.05) is 16.7 Å². The molecule has 28 heavy (non-hydrogen) atoms. The fourth-order valence-corrected chi connectivity index (χ4v) is 3.10. The van der Waals surface area contributed by atoms with E-state index in [9.17, 15) is 14.9 Å². The molecule has 0 saturated heterocycles. The van der Waals surface area contributed by atoms with E-state index in [1.165, 1.54) is 22.9 Å². The summed E-state index contributed by atoms with van der Waals surface area (Å²) in [6, 6.07) is 11.2. The number of nitro benzene ring substituents is 1. The van der Waals surface area contributed by atoms with E-state index in [1.54, 1.807) is 37.4 Å². The summed E-state index contributed by atoms with van der Waals surface area (Å²) >= 11 is 9.40. The molecule has 1 heterocycles. The monoisotopic (exact) mass is 464 g/mol. The van der Waals surface area contributed by atoms with E-state index < -0.39 is 10.8 Å². The van der Waals surface area contributed by atoms with Crippen LogP contribution in [0.15, 0.2) is 53.1 Å². The Morgan fingerprint density at radius 3 is 2.82 bits per heavy atom. The first kappa shape index (κ1) is 19.8. The molecule has 0 unspecified atom stereocenters. The highest BCUT2D eigenvalue weighted by Crippen LogP contribution is 2.28. The first-order valence-electron chi connectivity index (χ1n) is 8.01. The van der Waals surface area contributed by atoms with Gasteiger partial charge in [-0.05, 0) is 42.8 Å². The summed E-state index contributed by atoms with van der Waals surface area (Å²) < 4.78 is 7.82. The Kier molecular flexibility index (Phi) is 5.96. The second-order valence-electron chi connectivity index (χ2n) is 5.82. The molecule has 0 saturated carbocycles. The third-order valence-corrected chi connectivity index (χ3v) is 4.51. The Balaban J connectivity index is 1.68. The van der Waals surface area contributed by atoms with Crippen molar-refractivity contribution in [1.29, 1.82) is 0 Å². The summed E-state index contributed by atoms with van der Waals surface area (Å²) in [5.74, 6) is -0.0889. The number of ether oxygens (including phenoxy) is 1. The van der Waals surface area contributed by atoms with E-state index in [0.29, 0.717) is 10.8 Å². The lowest BCUT2D eigenvalue weighted by Gasteiger charge is -2.08. The number of anilines is 1. The lowest BCUT2D eigenvalue weighted by atomic mass is 10.2. The van der Waals surface area contributed by atoms with Gasteiger partial charge in [-0.3, -0.25) is 14.9 Å². The normalized spacial score (nSPS) is 10.5. The van der Waals surface area contributed by atoms with Gasteiger partial charge in [0.25, 0.3) is 11.6 Å². The number of carbonyl (C=O) groups excluding carboxylic acids is 1. The van der Waals surface area contributed by atoms with Crippen LogP contribution in [0.3, 0.4) is 0 Å². The van der Waals surface area contributed by atoms with Gasteiger partial charge in [0.05, 0.1) is 9.95 Å². The zero-order valence-corrected chi connectivity index (χ0v) is 16.9. The van der Waals surface area contributed by atoms with Crippen molar-refractivity contribution in [2.75, 3.05) is 5.32 Å². The van der Waals surface area contributed by atoms with Crippen LogP contribution in [-0.2, 0) is 6.73 Å². The maximum atomic E-state index is 12.4. The number of aromatic nitrogens is 2. The van der Waals surface area contributed by atoms with Gasteiger partial charge in [0.15, 0.2) is 12.4 Å². The van der Waals surface area contributed by atoms with E-state index >= 15 is 0 Å². The second-order valence-corrected chi connectivity index (χ2v) is 7.14. The number of halogens is 2. The molecule has 144 valence electrons. The number of hydrogen-bond donors (Lipinski definition) is 1. The lowest BCUT2D eigenvalue weighted by molar-refractivity contribution is -0.384. The summed E-state index contributed by atoms with van der Waals surface area (Å²) in [5.41, 5.74) is 0.743. The second kappa shape index (κ2) is 8.41. The molecule has 3 aromatic rings. The van der Waals surface area contributed by atoms with E-state index in [0.717, 1.165) is 10.0 Å². The fourth-order valence-electron chi connectivity index (χ4n) is 2.37. The molecule has 1 amide bonds. The van der Waals surface area contributed by atoms with Crippen LogP contribution in [0.2, 0.25) is 5.02 Å². The number of benzene rings is 2. The number of nitro groups is 1. The third-order valence-electron chi connectivity index (χ3n) is 3.72. The molecule has 0 fully saturated rings. The van der Waals surface area contributed by atoms with Crippen LogP contribution in [0.25, 0.3) is 0 Å². The fraction of sp³-hybridized carbons (Fsp3) is 0.111. The summed E-state index contributed by atoms with van der Waals surface area (Å²) in [4.78, 5) is 23.0. The molecule has 0 atom stereocenters. The third kappa shape index (κ3) is 4.68. The van der Waals surface area contributed by atoms with Crippen LogP contribution in [-0.4, -0.2) is 20.6 Å². The minimum Gasteiger partial charge on any atom is -0.470 e. The molecule has 10 heteroatoms. The Bertz CT molecular complexity index is 1050. The summed E-state index contributed by atoms with van der Waals surface area (Å²) in [6.07, 6.45) is 1.56. The average Bonchev–Trinajstić information content (AvgIpc) is 3.11. The molecule has 0 aliphatic heterocycles. The Morgan fingerprint density at radius 2 is 2.11 bits per heavy atom. The quantitative estimate of drug-likeness (QED) is 0.416. The summed E-state index contributed by atoms with van der Waals surface area (Å²) in [7, 11) is 0. The van der Waals surface area contributed by atoms with Crippen molar-refractivity contribution in [3.05, 3.63) is 79.5 Å². The number of amides is 1. The van der Waals surface area contributed by atoms with Crippen LogP contribution in [0.1, 0.15) is 16.1 Å². The van der Waals surface area contributed by atoms with E-state index in [1.807, 2.05) is 0 Å². The molecule has 0 bridgehead atoms. The average molecular weight is 466 g/mol. The van der Waals surface area contributed by atoms with Gasteiger partial charge in [-0.1, -0.05) is 33.6 Å². The van der Waals surface area contributed by atoms with Crippen molar-refractivity contribution in [3.63, 3.8) is 0 Å². The maximum absolute atomic E-state index is 12.4. The highest BCUT2D eigenvalue weighted by Gasteiger charge is 2.18. The van der Waals surface area contributed by atoms with Crippen LogP contribution >= 0.6 is 27.5 Å². The summed E-state index contributed by atoms with van der Waals surface area (Å²) in [6.45, 7) is 1.78. The van der Waals surface area contributed by atoms with Gasteiger partial charge in [0.2, 0.25) is 0 Å². The van der Waals surface area contributed by atoms with Gasteiger partial charge in [-0.25, -0.2) is 4.68 Å². The largest absolute Gasteiger partial charge is 0.470 e. The number of carbonyl (C=O) groups is 1. The van der Waals surface area contributed by atoms with Crippen molar-refractivity contribution in [3.8, 4) is 5.75 Å². The maximum Gasteiger partial charge on any atom is 0.293 e. The van der Waals surface area contributed by atoms with Crippen molar-refractivity contribution < 1.29 is 14.5 Å². The summed E-state index contributed by atoms with van der Waals surface area (Å²) in [5, 5.41) is 18.2. The lowest BCUT2D eigenvalue weighted by Crippen LogP contribution is -2.15. The molecule has 1 N–H and O–H groups in total. The number of hydrogen-bond acceptors (Lipinski definition) is 5. The standard InChI is InChI=1S/C18H14BrClN4O4/c1-11-2-4-14(16(8-11)24(26)27)21-18(25)15-6-7-23(22-15)10-28-17-5-3-12(19)9-13(17)20/h2-9H,10H2,1H3,(H,21,25). The van der Waals surface area contributed by atoms with Crippen LogP contribution in [0, 0.1) is 17.0 Å². The topological polar surface area (TPSA) is 99.3 Å². The Labute approximate surface area is 173 Å². The van der Waals surface area contributed by atoms with Crippen molar-refractivity contribution in [1.82, 2.24) is 9.78 Å². The number of nitrogens with zero attached hydrogens (tertiary/aromatic N) is 3. The van der Waals surface area contributed by atoms with Crippen LogP contribution in [0.5, 0.6) is 5.75 Å². The van der Waals surface area contributed by atoms with E-state index in [2.05, 4.69) is 26.3 Å². The Morgan fingerprint density at radius 1 is 1.32 bits per heavy atom. The molecule has 1 aromatic heterocycles. The predicted octanol–water partition coefficient (Wildman–Crippen LogP) is 4.80. The predicted molar refractivity (Wildman–Crippen MR) is 108 cm³/mol. The molecule has 0 aliphatic carbocycles. The van der Waals surface area contributed by atoms with Crippen LogP contribution < -0.4 is 10.1 Å². The van der Waals surface area contributed by atoms with Crippen LogP contribution in [0.4, 0.5) is 11.4 Å². The SMILES string of the molecule is Cc1ccc(NC(=O)c2ccn(COc3ccc(Br)cc3Cl)n2)c([N+](=O)[O-])c1. The van der Waals surface area contributed by atoms with E-state index in [4.69, 9.17) is 16.3 Å². The number of aryl methyl sites for hydroxylation is 1. The van der Waals surface area contributed by atoms with Gasteiger partial charge in [0.1, 0.15) is 11.4 Å². The smallest absolute Gasteiger partial charge is 0.293 e. The number of rotatable bonds is 6. The van der Waals surface area contributed by atoms with Gasteiger partial charge >= 0.3 is 0 Å². The van der Waals surface area contributed by atoms with Crippen molar-refractivity contribution >= 4 is 44.8 Å². The number of nitrogens with one attached hydrogen (secondary N) is 1. The van der Waals surface area contributed by atoms with Crippen molar-refractivity contribution in [2.45, 2.75) is 13.7 Å².